The quantitative estimate of drug-likeness (QED) is 0.525. The highest BCUT2D eigenvalue weighted by molar-refractivity contribution is 5.82. The molecular formula is C21H17N3. The topological polar surface area (TPSA) is 30.7 Å². The van der Waals surface area contributed by atoms with Gasteiger partial charge in [-0.15, -0.1) is 0 Å². The highest BCUT2D eigenvalue weighted by Crippen LogP contribution is 2.25. The van der Waals surface area contributed by atoms with Crippen LogP contribution in [0, 0.1) is 0 Å². The summed E-state index contributed by atoms with van der Waals surface area (Å²) in [5, 5.41) is 0. The fourth-order valence-electron chi connectivity index (χ4n) is 2.85. The minimum atomic E-state index is 0.974. The zero-order valence-electron chi connectivity index (χ0n) is 13.5. The Morgan fingerprint density at radius 3 is 2.67 bits per heavy atom. The van der Waals surface area contributed by atoms with Gasteiger partial charge in [0.05, 0.1) is 11.0 Å². The lowest BCUT2D eigenvalue weighted by Gasteiger charge is -2.08. The molecule has 2 aromatic carbocycles. The maximum atomic E-state index is 4.55. The van der Waals surface area contributed by atoms with E-state index >= 15 is 0 Å². The Bertz CT molecular complexity index is 1030. The fraction of sp³-hybridized carbons (Fsp3) is 0.0476. The summed E-state index contributed by atoms with van der Waals surface area (Å²) in [6.07, 6.45) is 5.54. The van der Waals surface area contributed by atoms with Crippen molar-refractivity contribution in [2.75, 3.05) is 0 Å². The third-order valence-electron chi connectivity index (χ3n) is 4.16. The summed E-state index contributed by atoms with van der Waals surface area (Å²) in [5.74, 6) is 0. The Morgan fingerprint density at radius 1 is 1.00 bits per heavy atom. The first-order valence-corrected chi connectivity index (χ1v) is 7.86. The first-order chi connectivity index (χ1) is 11.7. The maximum absolute atomic E-state index is 4.55. The lowest BCUT2D eigenvalue weighted by Crippen LogP contribution is -1.92. The van der Waals surface area contributed by atoms with Gasteiger partial charge >= 0.3 is 0 Å². The van der Waals surface area contributed by atoms with Gasteiger partial charge in [0.25, 0.3) is 0 Å². The number of benzene rings is 2. The summed E-state index contributed by atoms with van der Waals surface area (Å²) >= 11 is 0. The molecule has 0 unspecified atom stereocenters. The molecule has 0 spiro atoms. The lowest BCUT2D eigenvalue weighted by molar-refractivity contribution is 1.09. The summed E-state index contributed by atoms with van der Waals surface area (Å²) in [6.45, 7) is 6.01. The van der Waals surface area contributed by atoms with Gasteiger partial charge in [0, 0.05) is 23.6 Å². The van der Waals surface area contributed by atoms with E-state index in [1.807, 2.05) is 25.5 Å². The molecule has 0 aliphatic rings. The van der Waals surface area contributed by atoms with Crippen LogP contribution in [0.25, 0.3) is 33.4 Å². The number of hydrogen-bond acceptors (Lipinski definition) is 2. The molecular weight excluding hydrogens is 294 g/mol. The predicted octanol–water partition coefficient (Wildman–Crippen LogP) is 5.12. The van der Waals surface area contributed by atoms with Gasteiger partial charge in [-0.05, 0) is 48.4 Å². The second-order valence-corrected chi connectivity index (χ2v) is 5.89. The Labute approximate surface area is 140 Å². The Hall–Kier alpha value is -3.20. The molecule has 0 fully saturated rings. The van der Waals surface area contributed by atoms with Crippen LogP contribution in [-0.2, 0) is 0 Å². The maximum Gasteiger partial charge on any atom is 0.100 e. The number of aromatic nitrogens is 3. The van der Waals surface area contributed by atoms with Crippen molar-refractivity contribution in [2.24, 2.45) is 0 Å². The van der Waals surface area contributed by atoms with Crippen LogP contribution in [0.15, 0.2) is 79.9 Å². The molecule has 24 heavy (non-hydrogen) atoms. The molecule has 2 aromatic heterocycles. The summed E-state index contributed by atoms with van der Waals surface area (Å²) in [6, 6.07) is 18.7. The minimum Gasteiger partial charge on any atom is -0.299 e. The van der Waals surface area contributed by atoms with Crippen LogP contribution in [0.1, 0.15) is 12.5 Å². The van der Waals surface area contributed by atoms with Gasteiger partial charge in [-0.3, -0.25) is 9.55 Å². The minimum absolute atomic E-state index is 0.974. The van der Waals surface area contributed by atoms with E-state index in [0.29, 0.717) is 0 Å². The summed E-state index contributed by atoms with van der Waals surface area (Å²) in [4.78, 5) is 8.75. The summed E-state index contributed by atoms with van der Waals surface area (Å²) < 4.78 is 2.11. The molecule has 0 bridgehead atoms. The molecule has 0 saturated carbocycles. The molecule has 0 radical (unpaired) electrons. The Balaban J connectivity index is 1.82. The van der Waals surface area contributed by atoms with Crippen LogP contribution in [0.3, 0.4) is 0 Å². The second-order valence-electron chi connectivity index (χ2n) is 5.89. The van der Waals surface area contributed by atoms with Gasteiger partial charge in [-0.2, -0.15) is 0 Å². The van der Waals surface area contributed by atoms with Crippen LogP contribution < -0.4 is 0 Å². The van der Waals surface area contributed by atoms with Gasteiger partial charge in [0.15, 0.2) is 0 Å². The third kappa shape index (κ3) is 2.50. The Kier molecular flexibility index (Phi) is 3.47. The highest BCUT2D eigenvalue weighted by atomic mass is 15.0. The zero-order valence-corrected chi connectivity index (χ0v) is 13.5. The molecule has 0 N–H and O–H groups in total. The van der Waals surface area contributed by atoms with Gasteiger partial charge in [0.2, 0.25) is 0 Å². The molecule has 0 amide bonds. The SMILES string of the molecule is C=C(C)c1ccc2c(c1)ncn2-c1cccc(-c2cccnc2)c1. The summed E-state index contributed by atoms with van der Waals surface area (Å²) in [5.41, 5.74) is 7.56. The van der Waals surface area contributed by atoms with Crippen molar-refractivity contribution in [3.63, 3.8) is 0 Å². The van der Waals surface area contributed by atoms with Crippen LogP contribution in [0.5, 0.6) is 0 Å². The number of imidazole rings is 1. The second kappa shape index (κ2) is 5.78. The molecule has 0 aliphatic carbocycles. The molecule has 0 saturated heterocycles. The van der Waals surface area contributed by atoms with Crippen LogP contribution in [-0.4, -0.2) is 14.5 Å². The van der Waals surface area contributed by atoms with Gasteiger partial charge in [-0.25, -0.2) is 4.98 Å². The Morgan fingerprint density at radius 2 is 1.88 bits per heavy atom. The predicted molar refractivity (Wildman–Crippen MR) is 99.0 cm³/mol. The van der Waals surface area contributed by atoms with Crippen molar-refractivity contribution >= 4 is 16.6 Å². The molecule has 0 atom stereocenters. The largest absolute Gasteiger partial charge is 0.299 e. The van der Waals surface area contributed by atoms with Gasteiger partial charge in [0.1, 0.15) is 6.33 Å². The van der Waals surface area contributed by atoms with Gasteiger partial charge in [-0.1, -0.05) is 36.4 Å². The molecule has 3 heteroatoms. The van der Waals surface area contributed by atoms with Crippen LogP contribution in [0.4, 0.5) is 0 Å². The van der Waals surface area contributed by atoms with Crippen LogP contribution in [0.2, 0.25) is 0 Å². The summed E-state index contributed by atoms with van der Waals surface area (Å²) in [7, 11) is 0. The van der Waals surface area contributed by atoms with Crippen molar-refractivity contribution in [2.45, 2.75) is 6.92 Å². The van der Waals surface area contributed by atoms with Crippen molar-refractivity contribution in [3.05, 3.63) is 85.5 Å². The molecule has 0 aliphatic heterocycles. The number of pyridine rings is 1. The number of allylic oxidation sites excluding steroid dienone is 1. The van der Waals surface area contributed by atoms with Crippen LogP contribution >= 0.6 is 0 Å². The lowest BCUT2D eigenvalue weighted by atomic mass is 10.1. The smallest absolute Gasteiger partial charge is 0.100 e. The van der Waals surface area contributed by atoms with E-state index in [2.05, 4.69) is 69.6 Å². The molecule has 4 rings (SSSR count). The highest BCUT2D eigenvalue weighted by Gasteiger charge is 2.07. The van der Waals surface area contributed by atoms with E-state index in [-0.39, 0.29) is 0 Å². The zero-order chi connectivity index (χ0) is 16.5. The van der Waals surface area contributed by atoms with E-state index in [4.69, 9.17) is 0 Å². The molecule has 3 nitrogen and oxygen atoms in total. The molecule has 4 aromatic rings. The van der Waals surface area contributed by atoms with Crippen molar-refractivity contribution in [1.29, 1.82) is 0 Å². The molecule has 2 heterocycles. The average molecular weight is 311 g/mol. The molecule has 116 valence electrons. The van der Waals surface area contributed by atoms with E-state index in [1.165, 1.54) is 0 Å². The van der Waals surface area contributed by atoms with Gasteiger partial charge < -0.3 is 0 Å². The van der Waals surface area contributed by atoms with E-state index < -0.39 is 0 Å². The standard InChI is InChI=1S/C21H17N3/c1-15(2)16-8-9-21-20(12-16)23-14-24(21)19-7-3-5-17(11-19)18-6-4-10-22-13-18/h3-14H,1H2,2H3. The van der Waals surface area contributed by atoms with E-state index in [0.717, 1.165) is 39.0 Å². The normalized spacial score (nSPS) is 10.9. The monoisotopic (exact) mass is 311 g/mol. The first-order valence-electron chi connectivity index (χ1n) is 7.86. The van der Waals surface area contributed by atoms with Crippen molar-refractivity contribution < 1.29 is 0 Å². The fourth-order valence-corrected chi connectivity index (χ4v) is 2.85. The number of rotatable bonds is 3. The third-order valence-corrected chi connectivity index (χ3v) is 4.16. The average Bonchev–Trinajstić information content (AvgIpc) is 3.06. The first kappa shape index (κ1) is 14.4. The van der Waals surface area contributed by atoms with E-state index in [1.54, 1.807) is 6.20 Å². The number of nitrogens with zero attached hydrogens (tertiary/aromatic N) is 3. The van der Waals surface area contributed by atoms with Crippen molar-refractivity contribution in [1.82, 2.24) is 14.5 Å². The van der Waals surface area contributed by atoms with E-state index in [9.17, 15) is 0 Å². The number of hydrogen-bond donors (Lipinski definition) is 0. The van der Waals surface area contributed by atoms with Crippen molar-refractivity contribution in [3.8, 4) is 16.8 Å². The number of fused-ring (bicyclic) bond motifs is 1.